The quantitative estimate of drug-likeness (QED) is 0.691. The molecule has 0 spiro atoms. The monoisotopic (exact) mass is 223 g/mol. The van der Waals surface area contributed by atoms with Gasteiger partial charge >= 0.3 is 0 Å². The van der Waals surface area contributed by atoms with Crippen molar-refractivity contribution in [2.75, 3.05) is 6.61 Å². The molecule has 0 aliphatic heterocycles. The zero-order chi connectivity index (χ0) is 12.0. The Morgan fingerprint density at radius 2 is 2.12 bits per heavy atom. The zero-order valence-electron chi connectivity index (χ0n) is 10.0. The average Bonchev–Trinajstić information content (AvgIpc) is 2.27. The highest BCUT2D eigenvalue weighted by Gasteiger charge is 2.20. The summed E-state index contributed by atoms with van der Waals surface area (Å²) in [5, 5.41) is 22.0. The number of hydrogen-bond acceptors (Lipinski definition) is 3. The SMILES string of the molecule is CCCC(C)(CO)NCc1cccc(O)c1. The Hall–Kier alpha value is -1.06. The van der Waals surface area contributed by atoms with Gasteiger partial charge in [-0.2, -0.15) is 0 Å². The van der Waals surface area contributed by atoms with Gasteiger partial charge in [0, 0.05) is 12.1 Å². The van der Waals surface area contributed by atoms with Gasteiger partial charge in [-0.05, 0) is 31.0 Å². The molecule has 0 aliphatic carbocycles. The minimum atomic E-state index is -0.236. The molecule has 1 unspecified atom stereocenters. The van der Waals surface area contributed by atoms with Crippen LogP contribution in [0.25, 0.3) is 0 Å². The number of aliphatic hydroxyl groups is 1. The van der Waals surface area contributed by atoms with Gasteiger partial charge in [0.1, 0.15) is 5.75 Å². The molecule has 1 aromatic rings. The highest BCUT2D eigenvalue weighted by molar-refractivity contribution is 5.27. The summed E-state index contributed by atoms with van der Waals surface area (Å²) in [6.07, 6.45) is 1.96. The predicted molar refractivity (Wildman–Crippen MR) is 65.3 cm³/mol. The molecule has 0 saturated heterocycles. The third-order valence-electron chi connectivity index (χ3n) is 2.78. The number of benzene rings is 1. The maximum absolute atomic E-state index is 9.34. The van der Waals surface area contributed by atoms with E-state index in [4.69, 9.17) is 0 Å². The third kappa shape index (κ3) is 3.83. The van der Waals surface area contributed by atoms with Gasteiger partial charge in [-0.1, -0.05) is 25.5 Å². The van der Waals surface area contributed by atoms with Gasteiger partial charge in [-0.15, -0.1) is 0 Å². The normalized spacial score (nSPS) is 14.7. The highest BCUT2D eigenvalue weighted by Crippen LogP contribution is 2.15. The molecule has 0 amide bonds. The number of phenols is 1. The maximum atomic E-state index is 9.34. The summed E-state index contributed by atoms with van der Waals surface area (Å²) in [4.78, 5) is 0. The topological polar surface area (TPSA) is 52.5 Å². The second kappa shape index (κ2) is 5.87. The van der Waals surface area contributed by atoms with Gasteiger partial charge in [0.05, 0.1) is 6.61 Å². The van der Waals surface area contributed by atoms with Gasteiger partial charge in [0.25, 0.3) is 0 Å². The van der Waals surface area contributed by atoms with Gasteiger partial charge in [-0.3, -0.25) is 0 Å². The number of phenolic OH excluding ortho intramolecular Hbond substituents is 1. The number of hydrogen-bond donors (Lipinski definition) is 3. The van der Waals surface area contributed by atoms with Crippen LogP contribution in [0.2, 0.25) is 0 Å². The Labute approximate surface area is 97.1 Å². The molecule has 0 bridgehead atoms. The summed E-state index contributed by atoms with van der Waals surface area (Å²) in [5.74, 6) is 0.278. The fourth-order valence-corrected chi connectivity index (χ4v) is 1.76. The van der Waals surface area contributed by atoms with Gasteiger partial charge < -0.3 is 15.5 Å². The first-order valence-electron chi connectivity index (χ1n) is 5.73. The number of rotatable bonds is 6. The molecule has 0 fully saturated rings. The van der Waals surface area contributed by atoms with Crippen molar-refractivity contribution in [1.29, 1.82) is 0 Å². The van der Waals surface area contributed by atoms with Crippen LogP contribution in [-0.4, -0.2) is 22.4 Å². The van der Waals surface area contributed by atoms with Crippen molar-refractivity contribution in [2.24, 2.45) is 0 Å². The van der Waals surface area contributed by atoms with E-state index in [1.165, 1.54) is 0 Å². The summed E-state index contributed by atoms with van der Waals surface area (Å²) < 4.78 is 0. The molecule has 90 valence electrons. The van der Waals surface area contributed by atoms with E-state index in [2.05, 4.69) is 12.2 Å². The van der Waals surface area contributed by atoms with E-state index in [1.807, 2.05) is 19.1 Å². The molecule has 0 saturated carbocycles. The van der Waals surface area contributed by atoms with Crippen LogP contribution >= 0.6 is 0 Å². The van der Waals surface area contributed by atoms with Crippen molar-refractivity contribution >= 4 is 0 Å². The Kier molecular flexibility index (Phi) is 4.77. The molecule has 0 aliphatic rings. The van der Waals surface area contributed by atoms with Crippen LogP contribution in [0.1, 0.15) is 32.3 Å². The molecule has 1 aromatic carbocycles. The van der Waals surface area contributed by atoms with E-state index in [-0.39, 0.29) is 17.9 Å². The van der Waals surface area contributed by atoms with Crippen molar-refractivity contribution in [1.82, 2.24) is 5.32 Å². The van der Waals surface area contributed by atoms with Crippen molar-refractivity contribution in [3.05, 3.63) is 29.8 Å². The minimum Gasteiger partial charge on any atom is -0.508 e. The van der Waals surface area contributed by atoms with E-state index in [0.717, 1.165) is 18.4 Å². The molecule has 3 nitrogen and oxygen atoms in total. The lowest BCUT2D eigenvalue weighted by Gasteiger charge is -2.28. The Balaban J connectivity index is 2.55. The fourth-order valence-electron chi connectivity index (χ4n) is 1.76. The van der Waals surface area contributed by atoms with Gasteiger partial charge in [-0.25, -0.2) is 0 Å². The van der Waals surface area contributed by atoms with Crippen LogP contribution in [0.4, 0.5) is 0 Å². The minimum absolute atomic E-state index is 0.125. The van der Waals surface area contributed by atoms with Gasteiger partial charge in [0.2, 0.25) is 0 Å². The zero-order valence-corrected chi connectivity index (χ0v) is 10.0. The van der Waals surface area contributed by atoms with E-state index >= 15 is 0 Å². The third-order valence-corrected chi connectivity index (χ3v) is 2.78. The first-order chi connectivity index (χ1) is 7.59. The highest BCUT2D eigenvalue weighted by atomic mass is 16.3. The summed E-state index contributed by atoms with van der Waals surface area (Å²) in [5.41, 5.74) is 0.788. The smallest absolute Gasteiger partial charge is 0.115 e. The lowest BCUT2D eigenvalue weighted by atomic mass is 9.97. The molecule has 0 aromatic heterocycles. The van der Waals surface area contributed by atoms with Crippen molar-refractivity contribution in [3.8, 4) is 5.75 Å². The molecule has 1 atom stereocenters. The molecule has 1 rings (SSSR count). The Morgan fingerprint density at radius 3 is 2.69 bits per heavy atom. The summed E-state index contributed by atoms with van der Waals surface area (Å²) in [6, 6.07) is 7.16. The summed E-state index contributed by atoms with van der Waals surface area (Å²) in [7, 11) is 0. The molecule has 0 radical (unpaired) electrons. The second-order valence-corrected chi connectivity index (χ2v) is 4.49. The van der Waals surface area contributed by atoms with Crippen LogP contribution in [0.3, 0.4) is 0 Å². The molecule has 3 N–H and O–H groups in total. The maximum Gasteiger partial charge on any atom is 0.115 e. The van der Waals surface area contributed by atoms with Crippen LogP contribution in [0.15, 0.2) is 24.3 Å². The lowest BCUT2D eigenvalue weighted by Crippen LogP contribution is -2.45. The lowest BCUT2D eigenvalue weighted by molar-refractivity contribution is 0.163. The first-order valence-corrected chi connectivity index (χ1v) is 5.73. The molecule has 3 heteroatoms. The molecule has 16 heavy (non-hydrogen) atoms. The first kappa shape index (κ1) is 13.0. The Bertz CT molecular complexity index is 327. The summed E-state index contributed by atoms with van der Waals surface area (Å²) >= 11 is 0. The van der Waals surface area contributed by atoms with Crippen LogP contribution in [-0.2, 0) is 6.54 Å². The number of aliphatic hydroxyl groups excluding tert-OH is 1. The van der Waals surface area contributed by atoms with Gasteiger partial charge in [0.15, 0.2) is 0 Å². The second-order valence-electron chi connectivity index (χ2n) is 4.49. The fraction of sp³-hybridized carbons (Fsp3) is 0.538. The largest absolute Gasteiger partial charge is 0.508 e. The molecule has 0 heterocycles. The van der Waals surface area contributed by atoms with E-state index in [9.17, 15) is 10.2 Å². The van der Waals surface area contributed by atoms with Crippen molar-refractivity contribution < 1.29 is 10.2 Å². The summed E-state index contributed by atoms with van der Waals surface area (Å²) in [6.45, 7) is 4.90. The van der Waals surface area contributed by atoms with Crippen molar-refractivity contribution in [2.45, 2.75) is 38.8 Å². The standard InChI is InChI=1S/C13H21NO2/c1-3-7-13(2,10-15)14-9-11-5-4-6-12(16)8-11/h4-6,8,14-16H,3,7,9-10H2,1-2H3. The average molecular weight is 223 g/mol. The Morgan fingerprint density at radius 1 is 1.38 bits per heavy atom. The van der Waals surface area contributed by atoms with E-state index in [0.29, 0.717) is 6.54 Å². The van der Waals surface area contributed by atoms with Crippen molar-refractivity contribution in [3.63, 3.8) is 0 Å². The number of nitrogens with one attached hydrogen (secondary N) is 1. The molecular weight excluding hydrogens is 202 g/mol. The molecular formula is C13H21NO2. The number of aromatic hydroxyl groups is 1. The van der Waals surface area contributed by atoms with E-state index < -0.39 is 0 Å². The predicted octanol–water partition coefficient (Wildman–Crippen LogP) is 2.03. The van der Waals surface area contributed by atoms with Crippen LogP contribution in [0, 0.1) is 0 Å². The van der Waals surface area contributed by atoms with Crippen LogP contribution < -0.4 is 5.32 Å². The van der Waals surface area contributed by atoms with Crippen LogP contribution in [0.5, 0.6) is 5.75 Å². The van der Waals surface area contributed by atoms with E-state index in [1.54, 1.807) is 12.1 Å².